The zero-order valence-electron chi connectivity index (χ0n) is 12.9. The van der Waals surface area contributed by atoms with E-state index in [-0.39, 0.29) is 0 Å². The van der Waals surface area contributed by atoms with Crippen molar-refractivity contribution < 1.29 is 0 Å². The summed E-state index contributed by atoms with van der Waals surface area (Å²) in [5, 5.41) is 3.24. The summed E-state index contributed by atoms with van der Waals surface area (Å²) >= 11 is 1.59. The second-order valence-electron chi connectivity index (χ2n) is 5.21. The third-order valence-electron chi connectivity index (χ3n) is 3.57. The molecule has 0 aliphatic carbocycles. The Bertz CT molecular complexity index is 882. The molecule has 1 aliphatic rings. The van der Waals surface area contributed by atoms with E-state index >= 15 is 0 Å². The molecule has 0 unspecified atom stereocenters. The minimum absolute atomic E-state index is 0.576. The number of para-hydroxylation sites is 1. The lowest BCUT2D eigenvalue weighted by Gasteiger charge is -2.28. The fourth-order valence-electron chi connectivity index (χ4n) is 2.52. The van der Waals surface area contributed by atoms with Crippen molar-refractivity contribution in [1.29, 1.82) is 0 Å². The van der Waals surface area contributed by atoms with Crippen LogP contribution in [0.4, 0.5) is 17.5 Å². The first-order valence-electron chi connectivity index (χ1n) is 7.56. The first-order valence-corrected chi connectivity index (χ1v) is 8.33. The zero-order chi connectivity index (χ0) is 16.4. The number of nitrogens with zero attached hydrogens (tertiary/aromatic N) is 4. The molecule has 0 saturated heterocycles. The molecule has 0 radical (unpaired) electrons. The maximum atomic E-state index is 4.71. The fraction of sp³-hybridized carbons (Fsp3) is 0.0556. The normalized spacial score (nSPS) is 12.2. The summed E-state index contributed by atoms with van der Waals surface area (Å²) in [6.45, 7) is 4.53. The Balaban J connectivity index is 1.74. The molecule has 0 bridgehead atoms. The summed E-state index contributed by atoms with van der Waals surface area (Å²) in [6, 6.07) is 13.9. The van der Waals surface area contributed by atoms with E-state index in [1.54, 1.807) is 18.1 Å². The van der Waals surface area contributed by atoms with Gasteiger partial charge in [0, 0.05) is 30.2 Å². The predicted octanol–water partition coefficient (Wildman–Crippen LogP) is 4.30. The van der Waals surface area contributed by atoms with Gasteiger partial charge >= 0.3 is 0 Å². The Morgan fingerprint density at radius 1 is 1.12 bits per heavy atom. The molecular formula is C18H15N5S. The second-order valence-corrected chi connectivity index (χ2v) is 6.28. The van der Waals surface area contributed by atoms with Crippen molar-refractivity contribution in [1.82, 2.24) is 15.0 Å². The molecule has 0 fully saturated rings. The number of aromatic nitrogens is 3. The van der Waals surface area contributed by atoms with Crippen molar-refractivity contribution in [3.8, 4) is 11.3 Å². The minimum atomic E-state index is 0.576. The lowest BCUT2D eigenvalue weighted by molar-refractivity contribution is 1.06. The van der Waals surface area contributed by atoms with Crippen LogP contribution in [0.2, 0.25) is 0 Å². The monoisotopic (exact) mass is 333 g/mol. The van der Waals surface area contributed by atoms with Crippen LogP contribution in [-0.2, 0) is 0 Å². The summed E-state index contributed by atoms with van der Waals surface area (Å²) in [5.41, 5.74) is 2.86. The molecule has 1 N–H and O–H groups in total. The molecule has 1 aliphatic heterocycles. The average molecular weight is 333 g/mol. The summed E-state index contributed by atoms with van der Waals surface area (Å²) < 4.78 is 2.10. The Morgan fingerprint density at radius 3 is 2.83 bits per heavy atom. The van der Waals surface area contributed by atoms with Crippen molar-refractivity contribution in [2.75, 3.05) is 16.2 Å². The van der Waals surface area contributed by atoms with E-state index in [4.69, 9.17) is 4.98 Å². The molecule has 0 atom stereocenters. The summed E-state index contributed by atoms with van der Waals surface area (Å²) in [4.78, 5) is 14.7. The molecule has 1 aromatic carbocycles. The number of pyridine rings is 1. The van der Waals surface area contributed by atoms with Gasteiger partial charge in [-0.25, -0.2) is 15.0 Å². The molecule has 3 aromatic rings. The van der Waals surface area contributed by atoms with Crippen LogP contribution in [0.15, 0.2) is 72.4 Å². The number of hydrogen-bond acceptors (Lipinski definition) is 6. The molecule has 24 heavy (non-hydrogen) atoms. The number of fused-ring (bicyclic) bond motifs is 3. The Labute approximate surface area is 144 Å². The van der Waals surface area contributed by atoms with Crippen LogP contribution >= 0.6 is 11.9 Å². The second kappa shape index (κ2) is 6.33. The van der Waals surface area contributed by atoms with Crippen LogP contribution in [0.3, 0.4) is 0 Å². The summed E-state index contributed by atoms with van der Waals surface area (Å²) in [5.74, 6) is 1.48. The molecule has 0 saturated carbocycles. The maximum absolute atomic E-state index is 4.71. The van der Waals surface area contributed by atoms with Crippen LogP contribution in [0, 0.1) is 0 Å². The van der Waals surface area contributed by atoms with Gasteiger partial charge in [-0.15, -0.1) is 6.58 Å². The van der Waals surface area contributed by atoms with Crippen LogP contribution in [0.1, 0.15) is 0 Å². The van der Waals surface area contributed by atoms with Crippen molar-refractivity contribution >= 4 is 29.4 Å². The van der Waals surface area contributed by atoms with Gasteiger partial charge in [-0.3, -0.25) is 4.31 Å². The van der Waals surface area contributed by atoms with Gasteiger partial charge in [-0.2, -0.15) is 0 Å². The van der Waals surface area contributed by atoms with E-state index in [1.165, 1.54) is 0 Å². The Kier molecular flexibility index (Phi) is 3.88. The number of anilines is 3. The highest BCUT2D eigenvalue weighted by atomic mass is 32.2. The quantitative estimate of drug-likeness (QED) is 0.568. The number of rotatable bonds is 4. The standard InChI is InChI=1S/C18H15N5S/c1-2-11-23-17-14(9-6-10-19-17)16-15(24-23)12-20-18(22-16)21-13-7-4-3-5-8-13/h2-10,12H,1,11H2,(H,20,21,22). The minimum Gasteiger partial charge on any atom is -0.324 e. The third kappa shape index (κ3) is 2.72. The molecular weight excluding hydrogens is 318 g/mol. The predicted molar refractivity (Wildman–Crippen MR) is 98.4 cm³/mol. The van der Waals surface area contributed by atoms with Crippen LogP contribution in [-0.4, -0.2) is 21.5 Å². The van der Waals surface area contributed by atoms with Crippen molar-refractivity contribution in [3.63, 3.8) is 0 Å². The largest absolute Gasteiger partial charge is 0.324 e. The molecule has 2 aromatic heterocycles. The van der Waals surface area contributed by atoms with Gasteiger partial charge in [0.05, 0.1) is 10.6 Å². The van der Waals surface area contributed by atoms with Gasteiger partial charge in [0.2, 0.25) is 5.95 Å². The van der Waals surface area contributed by atoms with Gasteiger partial charge in [-0.1, -0.05) is 24.3 Å². The van der Waals surface area contributed by atoms with Gasteiger partial charge in [0.25, 0.3) is 0 Å². The zero-order valence-corrected chi connectivity index (χ0v) is 13.7. The smallest absolute Gasteiger partial charge is 0.227 e. The highest BCUT2D eigenvalue weighted by molar-refractivity contribution is 8.00. The third-order valence-corrected chi connectivity index (χ3v) is 4.60. The maximum Gasteiger partial charge on any atom is 0.227 e. The molecule has 3 heterocycles. The number of benzene rings is 1. The van der Waals surface area contributed by atoms with E-state index < -0.39 is 0 Å². The van der Waals surface area contributed by atoms with Crippen molar-refractivity contribution in [2.24, 2.45) is 0 Å². The van der Waals surface area contributed by atoms with E-state index in [0.29, 0.717) is 12.5 Å². The van der Waals surface area contributed by atoms with E-state index in [1.807, 2.05) is 54.7 Å². The molecule has 118 valence electrons. The van der Waals surface area contributed by atoms with Gasteiger partial charge in [0.15, 0.2) is 0 Å². The summed E-state index contributed by atoms with van der Waals surface area (Å²) in [7, 11) is 0. The van der Waals surface area contributed by atoms with E-state index in [2.05, 4.69) is 26.2 Å². The van der Waals surface area contributed by atoms with E-state index in [0.717, 1.165) is 27.7 Å². The molecule has 4 rings (SSSR count). The van der Waals surface area contributed by atoms with Crippen LogP contribution < -0.4 is 9.62 Å². The average Bonchev–Trinajstić information content (AvgIpc) is 2.63. The van der Waals surface area contributed by atoms with Gasteiger partial charge in [0.1, 0.15) is 5.82 Å². The fourth-order valence-corrected chi connectivity index (χ4v) is 3.52. The van der Waals surface area contributed by atoms with Crippen molar-refractivity contribution in [3.05, 3.63) is 67.5 Å². The number of nitrogens with one attached hydrogen (secondary N) is 1. The SMILES string of the molecule is C=CCN1Sc2cnc(Nc3ccccc3)nc2-c2cccnc21. The number of hydrogen-bond donors (Lipinski definition) is 1. The van der Waals surface area contributed by atoms with Crippen molar-refractivity contribution in [2.45, 2.75) is 4.90 Å². The lowest BCUT2D eigenvalue weighted by atomic mass is 10.1. The first-order chi connectivity index (χ1) is 11.8. The molecule has 6 heteroatoms. The highest BCUT2D eigenvalue weighted by Gasteiger charge is 2.25. The Morgan fingerprint density at radius 2 is 2.00 bits per heavy atom. The molecule has 0 amide bonds. The van der Waals surface area contributed by atoms with Gasteiger partial charge < -0.3 is 5.32 Å². The van der Waals surface area contributed by atoms with Gasteiger partial charge in [-0.05, 0) is 36.2 Å². The van der Waals surface area contributed by atoms with Crippen LogP contribution in [0.25, 0.3) is 11.3 Å². The lowest BCUT2D eigenvalue weighted by Crippen LogP contribution is -2.20. The molecule has 0 spiro atoms. The highest BCUT2D eigenvalue weighted by Crippen LogP contribution is 2.44. The topological polar surface area (TPSA) is 53.9 Å². The van der Waals surface area contributed by atoms with Crippen LogP contribution in [0.5, 0.6) is 0 Å². The summed E-state index contributed by atoms with van der Waals surface area (Å²) in [6.07, 6.45) is 5.51. The van der Waals surface area contributed by atoms with E-state index in [9.17, 15) is 0 Å². The Hall–Kier alpha value is -2.86. The molecule has 5 nitrogen and oxygen atoms in total. The first kappa shape index (κ1) is 14.7.